The second-order valence-electron chi connectivity index (χ2n) is 5.37. The molecular formula is C14H30O3. The standard InChI is InChI=1S/C14H30O3/c1-4-5-6-7-8-9-10-11-17-12-13(15)14(2,3)16/h13,15-16H,4-12H2,1-3H3. The molecule has 0 heterocycles. The average Bonchev–Trinajstić information content (AvgIpc) is 2.25. The molecule has 0 amide bonds. The summed E-state index contributed by atoms with van der Waals surface area (Å²) in [6, 6.07) is 0. The minimum Gasteiger partial charge on any atom is -0.388 e. The van der Waals surface area contributed by atoms with Crippen LogP contribution in [0.5, 0.6) is 0 Å². The largest absolute Gasteiger partial charge is 0.388 e. The first-order valence-corrected chi connectivity index (χ1v) is 6.96. The van der Waals surface area contributed by atoms with E-state index in [4.69, 9.17) is 4.74 Å². The predicted molar refractivity (Wildman–Crippen MR) is 71.1 cm³/mol. The Bertz CT molecular complexity index is 163. The van der Waals surface area contributed by atoms with E-state index in [9.17, 15) is 10.2 Å². The van der Waals surface area contributed by atoms with Crippen LogP contribution in [0.4, 0.5) is 0 Å². The van der Waals surface area contributed by atoms with Crippen molar-refractivity contribution >= 4 is 0 Å². The number of aliphatic hydroxyl groups is 2. The third-order valence-electron chi connectivity index (χ3n) is 2.98. The number of ether oxygens (including phenoxy) is 1. The molecule has 1 unspecified atom stereocenters. The molecule has 0 saturated heterocycles. The quantitative estimate of drug-likeness (QED) is 0.551. The van der Waals surface area contributed by atoms with Gasteiger partial charge in [-0.25, -0.2) is 0 Å². The smallest absolute Gasteiger partial charge is 0.105 e. The van der Waals surface area contributed by atoms with Crippen molar-refractivity contribution in [3.8, 4) is 0 Å². The summed E-state index contributed by atoms with van der Waals surface area (Å²) in [7, 11) is 0. The van der Waals surface area contributed by atoms with Crippen molar-refractivity contribution in [2.45, 2.75) is 77.4 Å². The zero-order chi connectivity index (χ0) is 13.1. The van der Waals surface area contributed by atoms with E-state index in [1.54, 1.807) is 13.8 Å². The highest BCUT2D eigenvalue weighted by Crippen LogP contribution is 2.09. The van der Waals surface area contributed by atoms with Crippen LogP contribution < -0.4 is 0 Å². The molecule has 0 aliphatic carbocycles. The van der Waals surface area contributed by atoms with Gasteiger partial charge in [-0.1, -0.05) is 45.4 Å². The third kappa shape index (κ3) is 10.7. The second kappa shape index (κ2) is 9.86. The topological polar surface area (TPSA) is 49.7 Å². The van der Waals surface area contributed by atoms with Gasteiger partial charge in [0.25, 0.3) is 0 Å². The average molecular weight is 246 g/mol. The molecule has 17 heavy (non-hydrogen) atoms. The minimum atomic E-state index is -1.07. The molecule has 0 aliphatic heterocycles. The number of aliphatic hydroxyl groups excluding tert-OH is 1. The fourth-order valence-electron chi connectivity index (χ4n) is 1.56. The molecule has 0 radical (unpaired) electrons. The molecule has 0 aromatic heterocycles. The Kier molecular flexibility index (Phi) is 9.79. The van der Waals surface area contributed by atoms with Crippen LogP contribution >= 0.6 is 0 Å². The third-order valence-corrected chi connectivity index (χ3v) is 2.98. The summed E-state index contributed by atoms with van der Waals surface area (Å²) in [5.74, 6) is 0. The summed E-state index contributed by atoms with van der Waals surface area (Å²) in [5.41, 5.74) is -1.07. The summed E-state index contributed by atoms with van der Waals surface area (Å²) in [6.45, 7) is 6.31. The molecule has 0 spiro atoms. The van der Waals surface area contributed by atoms with Crippen LogP contribution in [0.2, 0.25) is 0 Å². The summed E-state index contributed by atoms with van der Waals surface area (Å²) < 4.78 is 5.34. The van der Waals surface area contributed by atoms with Gasteiger partial charge in [0.05, 0.1) is 12.2 Å². The van der Waals surface area contributed by atoms with Crippen LogP contribution in [0, 0.1) is 0 Å². The molecule has 0 aromatic rings. The summed E-state index contributed by atoms with van der Waals surface area (Å²) in [6.07, 6.45) is 8.01. The summed E-state index contributed by atoms with van der Waals surface area (Å²) >= 11 is 0. The van der Waals surface area contributed by atoms with Crippen LogP contribution in [0.25, 0.3) is 0 Å². The van der Waals surface area contributed by atoms with Gasteiger partial charge in [0, 0.05) is 6.61 Å². The molecule has 0 rings (SSSR count). The fraction of sp³-hybridized carbons (Fsp3) is 1.00. The molecule has 2 N–H and O–H groups in total. The van der Waals surface area contributed by atoms with Crippen molar-refractivity contribution in [3.63, 3.8) is 0 Å². The Morgan fingerprint density at radius 2 is 1.53 bits per heavy atom. The molecule has 0 bridgehead atoms. The van der Waals surface area contributed by atoms with Crippen molar-refractivity contribution in [1.29, 1.82) is 0 Å². The first-order valence-electron chi connectivity index (χ1n) is 6.96. The second-order valence-corrected chi connectivity index (χ2v) is 5.37. The fourth-order valence-corrected chi connectivity index (χ4v) is 1.56. The van der Waals surface area contributed by atoms with E-state index in [1.165, 1.54) is 38.5 Å². The Hall–Kier alpha value is -0.120. The van der Waals surface area contributed by atoms with E-state index in [0.717, 1.165) is 6.42 Å². The molecule has 3 heteroatoms. The van der Waals surface area contributed by atoms with Crippen molar-refractivity contribution in [1.82, 2.24) is 0 Å². The van der Waals surface area contributed by atoms with Crippen molar-refractivity contribution in [3.05, 3.63) is 0 Å². The van der Waals surface area contributed by atoms with Crippen molar-refractivity contribution in [2.75, 3.05) is 13.2 Å². The Morgan fingerprint density at radius 1 is 1.00 bits per heavy atom. The highest BCUT2D eigenvalue weighted by Gasteiger charge is 2.24. The highest BCUT2D eigenvalue weighted by molar-refractivity contribution is 4.75. The number of hydrogen-bond donors (Lipinski definition) is 2. The van der Waals surface area contributed by atoms with Gasteiger partial charge in [0.2, 0.25) is 0 Å². The van der Waals surface area contributed by atoms with Crippen LogP contribution in [-0.4, -0.2) is 35.1 Å². The molecule has 0 aromatic carbocycles. The normalized spacial score (nSPS) is 13.9. The Balaban J connectivity index is 3.19. The monoisotopic (exact) mass is 246 g/mol. The lowest BCUT2D eigenvalue weighted by molar-refractivity contribution is -0.0859. The van der Waals surface area contributed by atoms with E-state index < -0.39 is 11.7 Å². The summed E-state index contributed by atoms with van der Waals surface area (Å²) in [5, 5.41) is 19.0. The number of rotatable bonds is 11. The van der Waals surface area contributed by atoms with E-state index >= 15 is 0 Å². The van der Waals surface area contributed by atoms with Crippen LogP contribution in [-0.2, 0) is 4.74 Å². The van der Waals surface area contributed by atoms with Crippen LogP contribution in [0.1, 0.15) is 65.7 Å². The predicted octanol–water partition coefficient (Wildman–Crippen LogP) is 2.89. The number of hydrogen-bond acceptors (Lipinski definition) is 3. The first-order chi connectivity index (χ1) is 7.98. The van der Waals surface area contributed by atoms with E-state index in [0.29, 0.717) is 6.61 Å². The molecule has 0 aliphatic rings. The molecule has 104 valence electrons. The molecular weight excluding hydrogens is 216 g/mol. The van der Waals surface area contributed by atoms with E-state index in [2.05, 4.69) is 6.92 Å². The van der Waals surface area contributed by atoms with E-state index in [1.807, 2.05) is 0 Å². The lowest BCUT2D eigenvalue weighted by atomic mass is 10.0. The highest BCUT2D eigenvalue weighted by atomic mass is 16.5. The number of unbranched alkanes of at least 4 members (excludes halogenated alkanes) is 6. The van der Waals surface area contributed by atoms with Crippen LogP contribution in [0.15, 0.2) is 0 Å². The molecule has 1 atom stereocenters. The molecule has 0 saturated carbocycles. The molecule has 0 fully saturated rings. The van der Waals surface area contributed by atoms with Gasteiger partial charge in [-0.15, -0.1) is 0 Å². The summed E-state index contributed by atoms with van der Waals surface area (Å²) in [4.78, 5) is 0. The lowest BCUT2D eigenvalue weighted by Gasteiger charge is -2.24. The SMILES string of the molecule is CCCCCCCCCOCC(O)C(C)(C)O. The van der Waals surface area contributed by atoms with Gasteiger partial charge in [0.15, 0.2) is 0 Å². The lowest BCUT2D eigenvalue weighted by Crippen LogP contribution is -2.39. The Labute approximate surface area is 106 Å². The molecule has 3 nitrogen and oxygen atoms in total. The minimum absolute atomic E-state index is 0.222. The van der Waals surface area contributed by atoms with Crippen molar-refractivity contribution in [2.24, 2.45) is 0 Å². The maximum atomic E-state index is 9.51. The van der Waals surface area contributed by atoms with Gasteiger partial charge < -0.3 is 14.9 Å². The zero-order valence-electron chi connectivity index (χ0n) is 11.7. The van der Waals surface area contributed by atoms with E-state index in [-0.39, 0.29) is 6.61 Å². The van der Waals surface area contributed by atoms with Crippen LogP contribution in [0.3, 0.4) is 0 Å². The van der Waals surface area contributed by atoms with Gasteiger partial charge in [-0.2, -0.15) is 0 Å². The van der Waals surface area contributed by atoms with Gasteiger partial charge in [0.1, 0.15) is 6.10 Å². The maximum absolute atomic E-state index is 9.51. The van der Waals surface area contributed by atoms with Gasteiger partial charge in [-0.3, -0.25) is 0 Å². The maximum Gasteiger partial charge on any atom is 0.105 e. The first kappa shape index (κ1) is 16.9. The Morgan fingerprint density at radius 3 is 2.06 bits per heavy atom. The van der Waals surface area contributed by atoms with Gasteiger partial charge in [-0.05, 0) is 20.3 Å². The van der Waals surface area contributed by atoms with Gasteiger partial charge >= 0.3 is 0 Å². The van der Waals surface area contributed by atoms with Crippen molar-refractivity contribution < 1.29 is 14.9 Å². The zero-order valence-corrected chi connectivity index (χ0v) is 11.7.